The number of benzene rings is 2. The summed E-state index contributed by atoms with van der Waals surface area (Å²) in [5.41, 5.74) is 3.63. The molecular formula is C35H32Cl2F2N8O3. The number of pyridine rings is 1. The van der Waals surface area contributed by atoms with Gasteiger partial charge in [0.1, 0.15) is 5.52 Å². The van der Waals surface area contributed by atoms with Crippen LogP contribution in [0.4, 0.5) is 26.0 Å². The summed E-state index contributed by atoms with van der Waals surface area (Å²) in [6, 6.07) is 15.5. The lowest BCUT2D eigenvalue weighted by Crippen LogP contribution is -2.40. The minimum absolute atomic E-state index is 0.0766. The Morgan fingerprint density at radius 3 is 2.38 bits per heavy atom. The number of fused-ring (bicyclic) bond motifs is 2. The van der Waals surface area contributed by atoms with E-state index >= 15 is 0 Å². The number of nitrogens with zero attached hydrogens (tertiary/aromatic N) is 6. The molecule has 1 atom stereocenters. The Bertz CT molecular complexity index is 2090. The highest BCUT2D eigenvalue weighted by Crippen LogP contribution is 2.41. The zero-order valence-electron chi connectivity index (χ0n) is 26.9. The number of ether oxygens (including phenoxy) is 1. The molecule has 3 aromatic heterocycles. The monoisotopic (exact) mass is 720 g/mol. The van der Waals surface area contributed by atoms with E-state index in [-0.39, 0.29) is 45.0 Å². The van der Waals surface area contributed by atoms with Gasteiger partial charge in [-0.25, -0.2) is 18.7 Å². The van der Waals surface area contributed by atoms with Gasteiger partial charge in [-0.05, 0) is 69.1 Å². The Balaban J connectivity index is 1.11. The van der Waals surface area contributed by atoms with Crippen molar-refractivity contribution in [3.8, 4) is 11.1 Å². The number of methoxy groups -OCH3 is 1. The summed E-state index contributed by atoms with van der Waals surface area (Å²) in [6.07, 6.45) is 1.97. The van der Waals surface area contributed by atoms with E-state index in [1.165, 1.54) is 13.3 Å². The van der Waals surface area contributed by atoms with Crippen LogP contribution in [0.25, 0.3) is 22.2 Å². The second-order valence-corrected chi connectivity index (χ2v) is 12.9. The molecule has 0 unspecified atom stereocenters. The number of hydrogen-bond donors (Lipinski definition) is 2. The number of anilines is 3. The van der Waals surface area contributed by atoms with Crippen LogP contribution in [0.5, 0.6) is 0 Å². The second kappa shape index (κ2) is 14.3. The Morgan fingerprint density at radius 2 is 1.66 bits per heavy atom. The Labute approximate surface area is 296 Å². The van der Waals surface area contributed by atoms with E-state index in [2.05, 4.69) is 35.6 Å². The summed E-state index contributed by atoms with van der Waals surface area (Å²) < 4.78 is 34.0. The number of halogens is 4. The molecule has 7 rings (SSSR count). The molecule has 2 aliphatic rings. The van der Waals surface area contributed by atoms with Crippen LogP contribution in [0.2, 0.25) is 10.0 Å². The quantitative estimate of drug-likeness (QED) is 0.154. The molecule has 5 heterocycles. The molecule has 2 aliphatic heterocycles. The van der Waals surface area contributed by atoms with Gasteiger partial charge < -0.3 is 15.4 Å². The Kier molecular flexibility index (Phi) is 9.63. The lowest BCUT2D eigenvalue weighted by Gasteiger charge is -2.38. The largest absolute Gasteiger partial charge is 0.469 e. The Morgan fingerprint density at radius 1 is 0.940 bits per heavy atom. The molecule has 2 N–H and O–H groups in total. The summed E-state index contributed by atoms with van der Waals surface area (Å²) in [5.74, 6) is -1.22. The molecule has 1 fully saturated rings. The van der Waals surface area contributed by atoms with Crippen molar-refractivity contribution in [2.75, 3.05) is 30.8 Å². The number of amides is 1. The van der Waals surface area contributed by atoms with E-state index in [9.17, 15) is 18.4 Å². The van der Waals surface area contributed by atoms with Crippen LogP contribution < -0.4 is 10.6 Å². The van der Waals surface area contributed by atoms with Crippen molar-refractivity contribution in [2.45, 2.75) is 44.7 Å². The SMILES string of the molecule is COC(=O)C1CCN([C@@H]2CCCn3nc(C(=O)Nc4cccc(-c5cccc(Nc6nc(C(F)F)nc7cccnc67)c5Cl)c4Cl)cc32)CC1. The van der Waals surface area contributed by atoms with Crippen LogP contribution in [-0.4, -0.2) is 61.7 Å². The molecule has 0 aliphatic carbocycles. The predicted molar refractivity (Wildman–Crippen MR) is 186 cm³/mol. The molecule has 2 aromatic carbocycles. The van der Waals surface area contributed by atoms with Gasteiger partial charge in [-0.15, -0.1) is 0 Å². The number of likely N-dealkylation sites (tertiary alicyclic amines) is 1. The van der Waals surface area contributed by atoms with Gasteiger partial charge in [-0.1, -0.05) is 47.5 Å². The number of carbonyl (C=O) groups is 2. The van der Waals surface area contributed by atoms with Gasteiger partial charge >= 0.3 is 5.97 Å². The minimum Gasteiger partial charge on any atom is -0.469 e. The van der Waals surface area contributed by atoms with E-state index < -0.39 is 18.2 Å². The van der Waals surface area contributed by atoms with Gasteiger partial charge in [0.05, 0.1) is 51.7 Å². The summed E-state index contributed by atoms with van der Waals surface area (Å²) in [5, 5.41) is 11.1. The second-order valence-electron chi connectivity index (χ2n) is 12.2. The number of hydrogen-bond acceptors (Lipinski definition) is 9. The molecule has 11 nitrogen and oxygen atoms in total. The van der Waals surface area contributed by atoms with Crippen molar-refractivity contribution >= 4 is 63.3 Å². The van der Waals surface area contributed by atoms with E-state index in [1.54, 1.807) is 48.5 Å². The number of rotatable bonds is 8. The standard InChI is InChI=1S/C35H32Cl2F2N8O3/c1-50-35(49)19-12-16-46(17-13-19)26-11-5-15-47-27(26)18-25(45-47)34(48)43-23-9-3-7-21(29(23)37)20-6-2-8-22(28(20)36)41-32-30-24(10-4-14-40-30)42-33(44-32)31(38)39/h2-4,6-10,14,18-19,26,31H,5,11-13,15-17H2,1H3,(H,43,48)(H,41,42,44)/t26-/m1/s1. The normalized spacial score (nSPS) is 16.7. The van der Waals surface area contributed by atoms with E-state index in [1.807, 2.05) is 10.7 Å². The van der Waals surface area contributed by atoms with Gasteiger partial charge in [0.15, 0.2) is 17.3 Å². The lowest BCUT2D eigenvalue weighted by atomic mass is 9.93. The highest BCUT2D eigenvalue weighted by atomic mass is 35.5. The highest BCUT2D eigenvalue weighted by Gasteiger charge is 2.34. The van der Waals surface area contributed by atoms with Gasteiger partial charge in [-0.2, -0.15) is 5.10 Å². The molecular weight excluding hydrogens is 689 g/mol. The van der Waals surface area contributed by atoms with Gasteiger partial charge in [0.25, 0.3) is 12.3 Å². The first-order chi connectivity index (χ1) is 24.2. The maximum Gasteiger partial charge on any atom is 0.308 e. The van der Waals surface area contributed by atoms with Crippen molar-refractivity contribution in [1.29, 1.82) is 0 Å². The third-order valence-corrected chi connectivity index (χ3v) is 10.0. The summed E-state index contributed by atoms with van der Waals surface area (Å²) in [6.45, 7) is 2.24. The van der Waals surface area contributed by atoms with Gasteiger partial charge in [-0.3, -0.25) is 24.2 Å². The van der Waals surface area contributed by atoms with Crippen molar-refractivity contribution in [1.82, 2.24) is 29.6 Å². The van der Waals surface area contributed by atoms with Crippen molar-refractivity contribution in [3.05, 3.63) is 88.1 Å². The highest BCUT2D eigenvalue weighted by molar-refractivity contribution is 6.39. The van der Waals surface area contributed by atoms with Crippen LogP contribution in [-0.2, 0) is 16.1 Å². The first-order valence-electron chi connectivity index (χ1n) is 16.2. The fraction of sp³-hybridized carbons (Fsp3) is 0.314. The third-order valence-electron chi connectivity index (χ3n) is 9.19. The number of aryl methyl sites for hydroxylation is 1. The van der Waals surface area contributed by atoms with E-state index in [0.29, 0.717) is 34.6 Å². The fourth-order valence-corrected chi connectivity index (χ4v) is 7.26. The topological polar surface area (TPSA) is 127 Å². The van der Waals surface area contributed by atoms with E-state index in [0.717, 1.165) is 44.5 Å². The van der Waals surface area contributed by atoms with Crippen LogP contribution in [0.15, 0.2) is 60.8 Å². The number of esters is 1. The van der Waals surface area contributed by atoms with Gasteiger partial charge in [0, 0.05) is 23.9 Å². The zero-order valence-corrected chi connectivity index (χ0v) is 28.4. The van der Waals surface area contributed by atoms with Crippen LogP contribution in [0.3, 0.4) is 0 Å². The fourth-order valence-electron chi connectivity index (χ4n) is 6.71. The molecule has 258 valence electrons. The molecule has 15 heteroatoms. The van der Waals surface area contributed by atoms with Crippen LogP contribution >= 0.6 is 23.2 Å². The first-order valence-corrected chi connectivity index (χ1v) is 16.9. The number of nitrogens with one attached hydrogen (secondary N) is 2. The predicted octanol–water partition coefficient (Wildman–Crippen LogP) is 7.85. The lowest BCUT2D eigenvalue weighted by molar-refractivity contribution is -0.147. The minimum atomic E-state index is -2.88. The third kappa shape index (κ3) is 6.60. The number of alkyl halides is 2. The number of carbonyl (C=O) groups excluding carboxylic acids is 2. The van der Waals surface area contributed by atoms with Crippen molar-refractivity contribution in [2.24, 2.45) is 5.92 Å². The molecule has 5 aromatic rings. The average molecular weight is 722 g/mol. The van der Waals surface area contributed by atoms with Crippen LogP contribution in [0.1, 0.15) is 60.2 Å². The number of piperidine rings is 1. The maximum atomic E-state index is 13.6. The zero-order chi connectivity index (χ0) is 34.9. The summed E-state index contributed by atoms with van der Waals surface area (Å²) >= 11 is 13.8. The molecule has 1 saturated heterocycles. The molecule has 0 radical (unpaired) electrons. The molecule has 0 spiro atoms. The molecule has 0 saturated carbocycles. The molecule has 1 amide bonds. The first kappa shape index (κ1) is 33.8. The summed E-state index contributed by atoms with van der Waals surface area (Å²) in [7, 11) is 1.42. The molecule has 0 bridgehead atoms. The van der Waals surface area contributed by atoms with Gasteiger partial charge in [0.2, 0.25) is 0 Å². The average Bonchev–Trinajstić information content (AvgIpc) is 3.58. The van der Waals surface area contributed by atoms with E-state index in [4.69, 9.17) is 27.9 Å². The van der Waals surface area contributed by atoms with Crippen molar-refractivity contribution < 1.29 is 23.1 Å². The number of aromatic nitrogens is 5. The molecule has 50 heavy (non-hydrogen) atoms. The Hall–Kier alpha value is -4.72. The van der Waals surface area contributed by atoms with Crippen LogP contribution in [0, 0.1) is 5.92 Å². The summed E-state index contributed by atoms with van der Waals surface area (Å²) in [4.78, 5) is 40.1. The maximum absolute atomic E-state index is 13.6. The van der Waals surface area contributed by atoms with Crippen molar-refractivity contribution in [3.63, 3.8) is 0 Å². The smallest absolute Gasteiger partial charge is 0.308 e.